The molecule has 0 amide bonds. The molecule has 0 spiro atoms. The third-order valence-electron chi connectivity index (χ3n) is 10.9. The molecule has 6 aromatic rings. The van der Waals surface area contributed by atoms with E-state index in [-0.39, 0.29) is 39.6 Å². The van der Waals surface area contributed by atoms with Crippen LogP contribution < -0.4 is 4.90 Å². The van der Waals surface area contributed by atoms with Gasteiger partial charge in [-0.1, -0.05) is 24.6 Å². The number of hydrogen-bond donors (Lipinski definition) is 0. The Morgan fingerprint density at radius 3 is 1.56 bits per heavy atom. The lowest BCUT2D eigenvalue weighted by molar-refractivity contribution is -0.191. The minimum Gasteiger partial charge on any atom is -0.354 e. The summed E-state index contributed by atoms with van der Waals surface area (Å²) in [6.07, 6.45) is -14.0. The Morgan fingerprint density at radius 2 is 1.11 bits per heavy atom. The Morgan fingerprint density at radius 1 is 0.633 bits per heavy atom. The third kappa shape index (κ3) is 22.3. The van der Waals surface area contributed by atoms with Gasteiger partial charge in [0.1, 0.15) is 11.0 Å². The van der Waals surface area contributed by atoms with Crippen molar-refractivity contribution in [2.75, 3.05) is 37.6 Å². The zero-order valence-corrected chi connectivity index (χ0v) is 44.4. The number of piperazine rings is 1. The van der Waals surface area contributed by atoms with E-state index in [4.69, 9.17) is 29.6 Å². The molecule has 2 aliphatic rings. The van der Waals surface area contributed by atoms with Gasteiger partial charge in [-0.2, -0.15) is 83.9 Å². The molecular weight excluding hydrogens is 1150 g/mol. The third-order valence-corrected chi connectivity index (χ3v) is 12.0. The summed E-state index contributed by atoms with van der Waals surface area (Å²) in [5.41, 5.74) is -2.35. The Labute approximate surface area is 453 Å². The zero-order chi connectivity index (χ0) is 60.3. The molecule has 79 heavy (non-hydrogen) atoms. The number of aromatic nitrogens is 5. The summed E-state index contributed by atoms with van der Waals surface area (Å²) in [5, 5.41) is 1.67. The van der Waals surface area contributed by atoms with E-state index < -0.39 is 76.1 Å². The van der Waals surface area contributed by atoms with Crippen LogP contribution in [0.2, 0.25) is 5.15 Å². The fourth-order valence-electron chi connectivity index (χ4n) is 6.90. The zero-order valence-electron chi connectivity index (χ0n) is 42.0. The second-order valence-electron chi connectivity index (χ2n) is 16.5. The predicted octanol–water partition coefficient (Wildman–Crippen LogP) is 14.3. The summed E-state index contributed by atoms with van der Waals surface area (Å²) >= 11 is 5.94. The molecule has 30 heteroatoms. The molecule has 1 saturated heterocycles. The molecule has 0 aromatic carbocycles. The number of anilines is 1. The molecule has 0 radical (unpaired) electrons. The van der Waals surface area contributed by atoms with Crippen molar-refractivity contribution >= 4 is 46.5 Å². The average Bonchev–Trinajstić information content (AvgIpc) is 4.06. The maximum absolute atomic E-state index is 12.9. The van der Waals surface area contributed by atoms with Gasteiger partial charge in [-0.3, -0.25) is 15.0 Å². The van der Waals surface area contributed by atoms with E-state index in [1.165, 1.54) is 57.6 Å². The molecule has 1 aliphatic heterocycles. The van der Waals surface area contributed by atoms with Crippen molar-refractivity contribution < 1.29 is 88.3 Å². The van der Waals surface area contributed by atoms with Gasteiger partial charge in [0, 0.05) is 62.9 Å². The number of pyridine rings is 5. The van der Waals surface area contributed by atoms with Crippen molar-refractivity contribution in [3.05, 3.63) is 151 Å². The van der Waals surface area contributed by atoms with Crippen molar-refractivity contribution in [2.45, 2.75) is 91.2 Å². The quantitative estimate of drug-likeness (QED) is 0.123. The summed E-state index contributed by atoms with van der Waals surface area (Å²) in [5.74, 6) is -0.793. The summed E-state index contributed by atoms with van der Waals surface area (Å²) in [7, 11) is 0. The molecule has 1 aliphatic carbocycles. The number of thiophene rings is 1. The van der Waals surface area contributed by atoms with Gasteiger partial charge in [0.2, 0.25) is 0 Å². The van der Waals surface area contributed by atoms with Crippen LogP contribution in [0.25, 0.3) is 10.6 Å². The van der Waals surface area contributed by atoms with E-state index in [1.54, 1.807) is 19.1 Å². The molecule has 0 atom stereocenters. The topological polar surface area (TPSA) is 139 Å². The first-order chi connectivity index (χ1) is 36.6. The van der Waals surface area contributed by atoms with Crippen LogP contribution in [0.4, 0.5) is 76.1 Å². The highest BCUT2D eigenvalue weighted by molar-refractivity contribution is 7.51. The number of aryl methyl sites for hydroxylation is 4. The van der Waals surface area contributed by atoms with E-state index in [1.807, 2.05) is 10.3 Å². The van der Waals surface area contributed by atoms with Crippen LogP contribution in [0.3, 0.4) is 0 Å². The van der Waals surface area contributed by atoms with Crippen molar-refractivity contribution in [1.82, 2.24) is 29.8 Å². The van der Waals surface area contributed by atoms with Crippen molar-refractivity contribution in [3.8, 4) is 10.6 Å². The summed E-state index contributed by atoms with van der Waals surface area (Å²) in [4.78, 5) is 40.1. The van der Waals surface area contributed by atoms with Crippen LogP contribution in [0, 0.1) is 40.4 Å². The molecular formula is C49H46ClF16N7O4S2. The number of halogens is 17. The fourth-order valence-corrected chi connectivity index (χ4v) is 7.83. The number of rotatable bonds is 4. The first-order valence-corrected chi connectivity index (χ1v) is 24.4. The lowest BCUT2D eigenvalue weighted by atomic mass is 10.1. The van der Waals surface area contributed by atoms with Crippen LogP contribution in [0.5, 0.6) is 0 Å². The molecule has 0 unspecified atom stereocenters. The van der Waals surface area contributed by atoms with Crippen molar-refractivity contribution in [1.29, 1.82) is 0 Å². The van der Waals surface area contributed by atoms with Crippen LogP contribution in [-0.4, -0.2) is 77.1 Å². The molecule has 8 rings (SSSR count). The summed E-state index contributed by atoms with van der Waals surface area (Å²) in [6, 6.07) is 8.29. The van der Waals surface area contributed by atoms with E-state index in [9.17, 15) is 70.2 Å². The second kappa shape index (κ2) is 30.2. The van der Waals surface area contributed by atoms with Gasteiger partial charge in [-0.25, -0.2) is 14.4 Å². The molecule has 11 nitrogen and oxygen atoms in total. The largest absolute Gasteiger partial charge is 0.419 e. The molecule has 0 N–H and O–H groups in total. The van der Waals surface area contributed by atoms with Gasteiger partial charge >= 0.3 is 48.6 Å². The van der Waals surface area contributed by atoms with E-state index in [2.05, 4.69) is 36.7 Å². The normalized spacial score (nSPS) is 13.5. The minimum atomic E-state index is -4.64. The smallest absolute Gasteiger partial charge is 0.354 e. The van der Waals surface area contributed by atoms with Crippen molar-refractivity contribution in [3.63, 3.8) is 0 Å². The average molecular weight is 1200 g/mol. The Bertz CT molecular complexity index is 2930. The van der Waals surface area contributed by atoms with Gasteiger partial charge in [0.05, 0.1) is 44.1 Å². The van der Waals surface area contributed by atoms with E-state index >= 15 is 0 Å². The SMILES string of the molecule is CCN1CCN(c2cc(C(F)(F)F)c(C)cn2)CC1.Cc1c(C(F)(F)F)ccnc1-c1cccs1.Cc1cc(C(F)(F)F)c(C2CC2)cn1.Cc1cnc(Cl)cc1C(F)(F)F.Cc1nccc(C(F)(F)F)c1F.O=C=O.O=S=O. The number of nitrogens with zero attached hydrogens (tertiary/aromatic N) is 7. The van der Waals surface area contributed by atoms with Gasteiger partial charge in [0.25, 0.3) is 0 Å². The molecule has 2 fully saturated rings. The highest BCUT2D eigenvalue weighted by atomic mass is 35.5. The van der Waals surface area contributed by atoms with Gasteiger partial charge in [-0.05, 0) is 124 Å². The Hall–Kier alpha value is -6.42. The number of likely N-dealkylation sites (N-methyl/N-ethyl adjacent to an activating group) is 1. The fraction of sp³-hybridized carbons (Fsp3) is 0.388. The number of carbonyl (C=O) groups excluding carboxylic acids is 2. The van der Waals surface area contributed by atoms with E-state index in [0.717, 1.165) is 87.1 Å². The highest BCUT2D eigenvalue weighted by Crippen LogP contribution is 2.46. The molecule has 6 aromatic heterocycles. The Kier molecular flexibility index (Phi) is 26.3. The predicted molar refractivity (Wildman–Crippen MR) is 258 cm³/mol. The molecule has 432 valence electrons. The van der Waals surface area contributed by atoms with Crippen LogP contribution in [0.15, 0.2) is 78.8 Å². The van der Waals surface area contributed by atoms with Crippen LogP contribution >= 0.6 is 22.9 Å². The molecule has 7 heterocycles. The van der Waals surface area contributed by atoms with Crippen LogP contribution in [-0.2, 0) is 52.0 Å². The minimum absolute atomic E-state index is 0.0758. The second-order valence-corrected chi connectivity index (χ2v) is 18.0. The Balaban J connectivity index is 0.000000332. The standard InChI is InChI=1S/C13H18F3N3.C11H8F3NS.C10H10F3N.C7H5ClF3N.C7H5F4N.CO2.O2S/c1-3-18-4-6-19(7-5-18)12-8-11(13(14,15)16)10(2)9-17-12;1-7-8(11(12,13)14)4-5-15-10(7)9-3-2-6-16-9;1-6-4-9(10(11,12)13)8(5-14-6)7-2-3-7;1-4-3-12-6(8)2-5(4)7(9,10)11;1-4-6(8)5(2-3-12-4)7(9,10)11;2-1-3;1-3-2/h8-9H,3-7H2,1-2H3;2-6H,1H3;4-5,7H,2-3H2,1H3;2*2-3H,1H3;;. The van der Waals surface area contributed by atoms with Gasteiger partial charge in [-0.15, -0.1) is 11.3 Å². The summed E-state index contributed by atoms with van der Waals surface area (Å²) < 4.78 is 216. The van der Waals surface area contributed by atoms with Crippen molar-refractivity contribution in [2.24, 2.45) is 0 Å². The first-order valence-electron chi connectivity index (χ1n) is 22.5. The maximum Gasteiger partial charge on any atom is 0.419 e. The monoisotopic (exact) mass is 1200 g/mol. The van der Waals surface area contributed by atoms with Gasteiger partial charge < -0.3 is 9.80 Å². The maximum atomic E-state index is 12.9. The van der Waals surface area contributed by atoms with Crippen LogP contribution in [0.1, 0.15) is 87.1 Å². The number of hydrogen-bond acceptors (Lipinski definition) is 12. The molecule has 0 bridgehead atoms. The lowest BCUT2D eigenvalue weighted by Gasteiger charge is -2.35. The highest BCUT2D eigenvalue weighted by Gasteiger charge is 2.39. The first kappa shape index (κ1) is 68.7. The van der Waals surface area contributed by atoms with Gasteiger partial charge in [0.15, 0.2) is 5.82 Å². The van der Waals surface area contributed by atoms with E-state index in [0.29, 0.717) is 28.8 Å². The molecule has 1 saturated carbocycles. The lowest BCUT2D eigenvalue weighted by Crippen LogP contribution is -2.46. The summed E-state index contributed by atoms with van der Waals surface area (Å²) in [6.45, 7) is 13.2. The number of alkyl halides is 15.